The molecular formula is C27H27N5O2S. The van der Waals surface area contributed by atoms with Crippen LogP contribution in [0.2, 0.25) is 0 Å². The van der Waals surface area contributed by atoms with Crippen LogP contribution in [0, 0.1) is 6.92 Å². The molecule has 3 aromatic carbocycles. The number of hydrogen-bond donors (Lipinski definition) is 1. The monoisotopic (exact) mass is 485 g/mol. The van der Waals surface area contributed by atoms with Crippen LogP contribution in [-0.4, -0.2) is 39.2 Å². The van der Waals surface area contributed by atoms with Gasteiger partial charge in [0.1, 0.15) is 5.75 Å². The van der Waals surface area contributed by atoms with Gasteiger partial charge in [0.25, 0.3) is 5.91 Å². The van der Waals surface area contributed by atoms with Gasteiger partial charge in [0.15, 0.2) is 11.0 Å². The van der Waals surface area contributed by atoms with Gasteiger partial charge in [-0.3, -0.25) is 9.36 Å². The van der Waals surface area contributed by atoms with E-state index >= 15 is 0 Å². The number of benzene rings is 3. The molecule has 1 heterocycles. The molecule has 0 aliphatic rings. The van der Waals surface area contributed by atoms with Crippen LogP contribution in [0.25, 0.3) is 17.1 Å². The van der Waals surface area contributed by atoms with Crippen molar-refractivity contribution in [3.05, 3.63) is 90.0 Å². The third kappa shape index (κ3) is 6.58. The summed E-state index contributed by atoms with van der Waals surface area (Å²) in [4.78, 5) is 12.4. The van der Waals surface area contributed by atoms with E-state index in [4.69, 9.17) is 4.74 Å². The highest BCUT2D eigenvalue weighted by molar-refractivity contribution is 7.99. The Bertz CT molecular complexity index is 1270. The van der Waals surface area contributed by atoms with E-state index in [1.165, 1.54) is 17.3 Å². The number of carbonyl (C=O) groups is 1. The van der Waals surface area contributed by atoms with Gasteiger partial charge in [0.2, 0.25) is 0 Å². The molecule has 1 N–H and O–H groups in total. The summed E-state index contributed by atoms with van der Waals surface area (Å²) >= 11 is 1.31. The SMILES string of the molecule is CCCOc1ccc(/C=N/NC(=O)CSc2nnc(-c3ccc(C)cc3)n2-c2ccccc2)cc1. The number of ether oxygens (including phenoxy) is 1. The van der Waals surface area contributed by atoms with Crippen molar-refractivity contribution in [1.29, 1.82) is 0 Å². The second-order valence-corrected chi connectivity index (χ2v) is 8.79. The third-order valence-electron chi connectivity index (χ3n) is 5.05. The first-order chi connectivity index (χ1) is 17.1. The van der Waals surface area contributed by atoms with Gasteiger partial charge in [-0.05, 0) is 55.3 Å². The summed E-state index contributed by atoms with van der Waals surface area (Å²) in [5, 5.41) is 13.5. The molecule has 0 saturated carbocycles. The first-order valence-corrected chi connectivity index (χ1v) is 12.4. The molecule has 4 rings (SSSR count). The highest BCUT2D eigenvalue weighted by Gasteiger charge is 2.17. The number of hydrogen-bond acceptors (Lipinski definition) is 6. The largest absolute Gasteiger partial charge is 0.494 e. The highest BCUT2D eigenvalue weighted by atomic mass is 32.2. The molecule has 178 valence electrons. The number of aryl methyl sites for hydroxylation is 1. The minimum Gasteiger partial charge on any atom is -0.494 e. The van der Waals surface area contributed by atoms with E-state index in [2.05, 4.69) is 27.6 Å². The third-order valence-corrected chi connectivity index (χ3v) is 5.97. The van der Waals surface area contributed by atoms with Crippen LogP contribution >= 0.6 is 11.8 Å². The predicted octanol–water partition coefficient (Wildman–Crippen LogP) is 5.27. The summed E-state index contributed by atoms with van der Waals surface area (Å²) in [5.41, 5.74) is 6.51. The van der Waals surface area contributed by atoms with E-state index in [0.29, 0.717) is 11.8 Å². The Morgan fingerprint density at radius 2 is 1.77 bits per heavy atom. The second kappa shape index (κ2) is 12.0. The standard InChI is InChI=1S/C27H27N5O2S/c1-3-17-34-24-15-11-21(12-16-24)18-28-29-25(33)19-35-27-31-30-26(22-13-9-20(2)10-14-22)32(27)23-7-5-4-6-8-23/h4-16,18H,3,17,19H2,1-2H3,(H,29,33)/b28-18+. The van der Waals surface area contributed by atoms with Gasteiger partial charge in [0, 0.05) is 11.3 Å². The van der Waals surface area contributed by atoms with Crippen LogP contribution in [0.5, 0.6) is 5.75 Å². The lowest BCUT2D eigenvalue weighted by atomic mass is 10.1. The van der Waals surface area contributed by atoms with Crippen molar-refractivity contribution in [1.82, 2.24) is 20.2 Å². The molecule has 0 saturated heterocycles. The van der Waals surface area contributed by atoms with Crippen molar-refractivity contribution in [2.45, 2.75) is 25.4 Å². The number of aromatic nitrogens is 3. The van der Waals surface area contributed by atoms with Crippen molar-refractivity contribution in [3.63, 3.8) is 0 Å². The zero-order chi connectivity index (χ0) is 24.5. The smallest absolute Gasteiger partial charge is 0.250 e. The second-order valence-electron chi connectivity index (χ2n) is 7.84. The number of rotatable bonds is 10. The summed E-state index contributed by atoms with van der Waals surface area (Å²) in [6, 6.07) is 25.6. The van der Waals surface area contributed by atoms with E-state index in [0.717, 1.165) is 34.8 Å². The molecule has 0 spiro atoms. The van der Waals surface area contributed by atoms with Crippen LogP contribution in [0.15, 0.2) is 89.1 Å². The maximum Gasteiger partial charge on any atom is 0.250 e. The van der Waals surface area contributed by atoms with Crippen LogP contribution in [0.4, 0.5) is 0 Å². The zero-order valence-electron chi connectivity index (χ0n) is 19.7. The summed E-state index contributed by atoms with van der Waals surface area (Å²) < 4.78 is 7.54. The molecule has 0 atom stereocenters. The number of carbonyl (C=O) groups excluding carboxylic acids is 1. The van der Waals surface area contributed by atoms with Crippen molar-refractivity contribution >= 4 is 23.9 Å². The number of thioether (sulfide) groups is 1. The molecule has 8 heteroatoms. The molecule has 0 radical (unpaired) electrons. The minimum absolute atomic E-state index is 0.153. The van der Waals surface area contributed by atoms with E-state index in [1.54, 1.807) is 6.21 Å². The molecule has 0 fully saturated rings. The van der Waals surface area contributed by atoms with Crippen molar-refractivity contribution in [2.24, 2.45) is 5.10 Å². The van der Waals surface area contributed by atoms with Crippen molar-refractivity contribution in [3.8, 4) is 22.8 Å². The Morgan fingerprint density at radius 3 is 2.49 bits per heavy atom. The minimum atomic E-state index is -0.228. The van der Waals surface area contributed by atoms with Gasteiger partial charge >= 0.3 is 0 Å². The summed E-state index contributed by atoms with van der Waals surface area (Å²) in [5.74, 6) is 1.47. The van der Waals surface area contributed by atoms with E-state index in [9.17, 15) is 4.79 Å². The molecular weight excluding hydrogens is 458 g/mol. The van der Waals surface area contributed by atoms with Crippen molar-refractivity contribution in [2.75, 3.05) is 12.4 Å². The Hall–Kier alpha value is -3.91. The Morgan fingerprint density at radius 1 is 1.03 bits per heavy atom. The number of hydrazone groups is 1. The molecule has 0 bridgehead atoms. The van der Waals surface area contributed by atoms with Crippen LogP contribution in [0.3, 0.4) is 0 Å². The Labute approximate surface area is 209 Å². The number of para-hydroxylation sites is 1. The van der Waals surface area contributed by atoms with Crippen LogP contribution in [0.1, 0.15) is 24.5 Å². The average molecular weight is 486 g/mol. The number of nitrogens with zero attached hydrogens (tertiary/aromatic N) is 4. The molecule has 0 aliphatic heterocycles. The first kappa shape index (κ1) is 24.2. The van der Waals surface area contributed by atoms with E-state index in [1.807, 2.05) is 90.4 Å². The van der Waals surface area contributed by atoms with Gasteiger partial charge in [-0.1, -0.05) is 66.7 Å². The van der Waals surface area contributed by atoms with E-state index in [-0.39, 0.29) is 11.7 Å². The number of amides is 1. The molecule has 0 aliphatic carbocycles. The topological polar surface area (TPSA) is 81.4 Å². The molecule has 1 amide bonds. The summed E-state index contributed by atoms with van der Waals surface area (Å²) in [7, 11) is 0. The molecule has 7 nitrogen and oxygen atoms in total. The molecule has 1 aromatic heterocycles. The number of nitrogens with one attached hydrogen (secondary N) is 1. The lowest BCUT2D eigenvalue weighted by Gasteiger charge is -2.10. The summed E-state index contributed by atoms with van der Waals surface area (Å²) in [6.07, 6.45) is 2.57. The van der Waals surface area contributed by atoms with Crippen LogP contribution < -0.4 is 10.2 Å². The fraction of sp³-hybridized carbons (Fsp3) is 0.185. The normalized spacial score (nSPS) is 11.0. The predicted molar refractivity (Wildman–Crippen MR) is 140 cm³/mol. The van der Waals surface area contributed by atoms with Gasteiger partial charge in [-0.15, -0.1) is 10.2 Å². The van der Waals surface area contributed by atoms with Crippen LogP contribution in [-0.2, 0) is 4.79 Å². The molecule has 35 heavy (non-hydrogen) atoms. The average Bonchev–Trinajstić information content (AvgIpc) is 3.32. The van der Waals surface area contributed by atoms with Gasteiger partial charge in [-0.2, -0.15) is 5.10 Å². The van der Waals surface area contributed by atoms with Gasteiger partial charge in [0.05, 0.1) is 18.6 Å². The quantitative estimate of drug-likeness (QED) is 0.188. The fourth-order valence-corrected chi connectivity index (χ4v) is 4.02. The van der Waals surface area contributed by atoms with Gasteiger partial charge in [-0.25, -0.2) is 5.43 Å². The Balaban J connectivity index is 1.41. The highest BCUT2D eigenvalue weighted by Crippen LogP contribution is 2.28. The maximum absolute atomic E-state index is 12.4. The van der Waals surface area contributed by atoms with E-state index < -0.39 is 0 Å². The lowest BCUT2D eigenvalue weighted by molar-refractivity contribution is -0.118. The first-order valence-electron chi connectivity index (χ1n) is 11.4. The fourth-order valence-electron chi connectivity index (χ4n) is 3.27. The summed E-state index contributed by atoms with van der Waals surface area (Å²) in [6.45, 7) is 4.80. The molecule has 0 unspecified atom stereocenters. The maximum atomic E-state index is 12.4. The van der Waals surface area contributed by atoms with Gasteiger partial charge < -0.3 is 4.74 Å². The van der Waals surface area contributed by atoms with Crippen molar-refractivity contribution < 1.29 is 9.53 Å². The zero-order valence-corrected chi connectivity index (χ0v) is 20.5. The Kier molecular flexibility index (Phi) is 8.30. The lowest BCUT2D eigenvalue weighted by Crippen LogP contribution is -2.20. The molecule has 4 aromatic rings.